The summed E-state index contributed by atoms with van der Waals surface area (Å²) >= 11 is 0. The summed E-state index contributed by atoms with van der Waals surface area (Å²) in [5.41, 5.74) is 4.99. The van der Waals surface area contributed by atoms with Gasteiger partial charge in [-0.05, 0) is 56.1 Å². The minimum atomic E-state index is -3.58. The van der Waals surface area contributed by atoms with Gasteiger partial charge in [-0.1, -0.05) is 69.6 Å². The Hall–Kier alpha value is -1.85. The number of nitrogens with two attached hydrogens (primary N) is 1. The quantitative estimate of drug-likeness (QED) is 0.567. The van der Waals surface area contributed by atoms with Gasteiger partial charge in [0.25, 0.3) is 0 Å². The predicted octanol–water partition coefficient (Wildman–Crippen LogP) is 5.80. The van der Waals surface area contributed by atoms with Crippen molar-refractivity contribution in [3.8, 4) is 0 Å². The van der Waals surface area contributed by atoms with Gasteiger partial charge in [0.15, 0.2) is 0 Å². The van der Waals surface area contributed by atoms with Crippen molar-refractivity contribution < 1.29 is 8.42 Å². The smallest absolute Gasteiger partial charge is 0.210 e. The molecule has 0 aromatic rings. The maximum atomic E-state index is 13.7. The summed E-state index contributed by atoms with van der Waals surface area (Å²) in [6, 6.07) is 0. The number of rotatable bonds is 2. The van der Waals surface area contributed by atoms with Gasteiger partial charge in [-0.2, -0.15) is 0 Å². The molecule has 0 unspecified atom stereocenters. The van der Waals surface area contributed by atoms with E-state index in [1.165, 1.54) is 16.7 Å². The van der Waals surface area contributed by atoms with E-state index < -0.39 is 9.84 Å². The Labute approximate surface area is 181 Å². The number of allylic oxidation sites excluding steroid dienone is 10. The highest BCUT2D eigenvalue weighted by Crippen LogP contribution is 2.49. The van der Waals surface area contributed by atoms with E-state index in [9.17, 15) is 8.42 Å². The molecule has 0 fully saturated rings. The molecule has 1 heterocycles. The largest absolute Gasteiger partial charge is 0.285 e. The lowest BCUT2D eigenvalue weighted by atomic mass is 9.71. The van der Waals surface area contributed by atoms with E-state index in [-0.39, 0.29) is 10.8 Å². The van der Waals surface area contributed by atoms with E-state index in [1.54, 1.807) is 5.01 Å². The zero-order valence-electron chi connectivity index (χ0n) is 18.9. The van der Waals surface area contributed by atoms with Crippen LogP contribution in [0.5, 0.6) is 0 Å². The van der Waals surface area contributed by atoms with E-state index in [0.717, 1.165) is 37.1 Å². The molecule has 1 aliphatic heterocycles. The molecule has 0 aromatic heterocycles. The first-order valence-corrected chi connectivity index (χ1v) is 12.5. The average Bonchev–Trinajstić information content (AvgIpc) is 2.71. The van der Waals surface area contributed by atoms with Gasteiger partial charge in [0.05, 0.1) is 21.2 Å². The Kier molecular flexibility index (Phi) is 5.06. The van der Waals surface area contributed by atoms with E-state index >= 15 is 0 Å². The molecule has 3 aliphatic carbocycles. The van der Waals surface area contributed by atoms with Gasteiger partial charge in [0, 0.05) is 5.41 Å². The summed E-state index contributed by atoms with van der Waals surface area (Å²) < 4.78 is 27.5. The van der Waals surface area contributed by atoms with E-state index in [0.29, 0.717) is 22.7 Å². The summed E-state index contributed by atoms with van der Waals surface area (Å²) in [6.45, 7) is 10.8. The monoisotopic (exact) mass is 426 g/mol. The van der Waals surface area contributed by atoms with Gasteiger partial charge in [-0.25, -0.2) is 14.3 Å². The summed E-state index contributed by atoms with van der Waals surface area (Å²) in [6.07, 6.45) is 15.4. The van der Waals surface area contributed by atoms with Crippen molar-refractivity contribution in [2.75, 3.05) is 0 Å². The highest BCUT2D eigenvalue weighted by molar-refractivity contribution is 7.99. The molecule has 4 rings (SSSR count). The topological polar surface area (TPSA) is 63.4 Å². The fourth-order valence-electron chi connectivity index (χ4n) is 5.02. The van der Waals surface area contributed by atoms with Crippen LogP contribution in [0.2, 0.25) is 0 Å². The average molecular weight is 427 g/mol. The molecule has 0 aromatic carbocycles. The van der Waals surface area contributed by atoms with Crippen LogP contribution in [-0.4, -0.2) is 13.4 Å². The maximum absolute atomic E-state index is 13.7. The highest BCUT2D eigenvalue weighted by Gasteiger charge is 2.41. The number of sulfone groups is 1. The first kappa shape index (κ1) is 21.4. The number of hydrogen-bond acceptors (Lipinski definition) is 4. The number of hydrazine groups is 1. The van der Waals surface area contributed by atoms with Gasteiger partial charge in [0.1, 0.15) is 0 Å². The second-order valence-corrected chi connectivity index (χ2v) is 12.3. The molecule has 162 valence electrons. The molecule has 0 saturated heterocycles. The van der Waals surface area contributed by atoms with Gasteiger partial charge in [0.2, 0.25) is 9.84 Å². The van der Waals surface area contributed by atoms with Gasteiger partial charge >= 0.3 is 0 Å². The van der Waals surface area contributed by atoms with Crippen LogP contribution in [0.3, 0.4) is 0 Å². The van der Waals surface area contributed by atoms with Crippen molar-refractivity contribution in [1.29, 1.82) is 0 Å². The molecule has 0 radical (unpaired) electrons. The van der Waals surface area contributed by atoms with Crippen molar-refractivity contribution >= 4 is 9.84 Å². The Morgan fingerprint density at radius 2 is 1.40 bits per heavy atom. The molecule has 0 spiro atoms. The molecule has 0 atom stereocenters. The minimum Gasteiger partial charge on any atom is -0.285 e. The van der Waals surface area contributed by atoms with Crippen LogP contribution in [0.4, 0.5) is 0 Å². The lowest BCUT2D eigenvalue weighted by Crippen LogP contribution is -2.39. The molecule has 2 N–H and O–H groups in total. The Bertz CT molecular complexity index is 1070. The third kappa shape index (κ3) is 3.36. The molecule has 4 nitrogen and oxygen atoms in total. The second-order valence-electron chi connectivity index (χ2n) is 10.4. The third-order valence-electron chi connectivity index (χ3n) is 7.19. The molecular formula is C25H34N2O2S. The lowest BCUT2D eigenvalue weighted by Gasteiger charge is -2.40. The normalized spacial score (nSPS) is 24.2. The first-order chi connectivity index (χ1) is 13.9. The number of nitrogens with zero attached hydrogens (tertiary/aromatic N) is 1. The highest BCUT2D eigenvalue weighted by atomic mass is 32.2. The first-order valence-electron chi connectivity index (χ1n) is 11.0. The summed E-state index contributed by atoms with van der Waals surface area (Å²) in [7, 11) is -3.58. The molecule has 0 saturated carbocycles. The minimum absolute atomic E-state index is 0.0569. The van der Waals surface area contributed by atoms with Gasteiger partial charge in [-0.3, -0.25) is 5.01 Å². The van der Waals surface area contributed by atoms with E-state index in [2.05, 4.69) is 52.8 Å². The standard InChI is InChI=1S/C25H34N2O2S/c1-24(2,3)18-11-13-20-22(15-18)30(28,29)23-16-19(12-14-21(23)27(20)26)25(4,5)17-9-7-6-8-10-17/h6-7,9,15-16H,8,10-14,26H2,1-5H3. The Balaban J connectivity index is 1.79. The molecule has 4 aliphatic rings. The van der Waals surface area contributed by atoms with Crippen molar-refractivity contribution in [3.63, 3.8) is 0 Å². The van der Waals surface area contributed by atoms with Crippen LogP contribution in [0.25, 0.3) is 0 Å². The van der Waals surface area contributed by atoms with Crippen LogP contribution in [0.15, 0.2) is 68.3 Å². The summed E-state index contributed by atoms with van der Waals surface area (Å²) in [5.74, 6) is 6.49. The van der Waals surface area contributed by atoms with Crippen molar-refractivity contribution in [1.82, 2.24) is 5.01 Å². The second kappa shape index (κ2) is 7.10. The molecule has 30 heavy (non-hydrogen) atoms. The summed E-state index contributed by atoms with van der Waals surface area (Å²) in [4.78, 5) is 0.798. The van der Waals surface area contributed by atoms with Crippen LogP contribution in [0.1, 0.15) is 73.1 Å². The number of hydrogen-bond donors (Lipinski definition) is 1. The van der Waals surface area contributed by atoms with E-state index in [1.807, 2.05) is 12.2 Å². The zero-order chi connectivity index (χ0) is 21.9. The van der Waals surface area contributed by atoms with Crippen molar-refractivity contribution in [2.24, 2.45) is 16.7 Å². The van der Waals surface area contributed by atoms with Gasteiger partial charge < -0.3 is 0 Å². The molecule has 0 amide bonds. The molecule has 5 heteroatoms. The van der Waals surface area contributed by atoms with Crippen LogP contribution >= 0.6 is 0 Å². The lowest BCUT2D eigenvalue weighted by molar-refractivity contribution is 0.383. The van der Waals surface area contributed by atoms with E-state index in [4.69, 9.17) is 5.84 Å². The molecular weight excluding hydrogens is 392 g/mol. The van der Waals surface area contributed by atoms with Crippen molar-refractivity contribution in [2.45, 2.75) is 73.1 Å². The third-order valence-corrected chi connectivity index (χ3v) is 9.05. The molecule has 0 bridgehead atoms. The van der Waals surface area contributed by atoms with Gasteiger partial charge in [-0.15, -0.1) is 0 Å². The van der Waals surface area contributed by atoms with Crippen LogP contribution in [-0.2, 0) is 9.84 Å². The fraction of sp³-hybridized carbons (Fsp3) is 0.520. The Morgan fingerprint density at radius 1 is 0.833 bits per heavy atom. The van der Waals surface area contributed by atoms with Crippen LogP contribution < -0.4 is 5.84 Å². The Morgan fingerprint density at radius 3 is 1.93 bits per heavy atom. The SMILES string of the molecule is CC(C)(C)C1=CC2=C(CC1)N(N)C1=C(C=C(C(C)(C)C3=CC=CCC3)CC1)S2(=O)=O. The maximum Gasteiger partial charge on any atom is 0.210 e. The predicted molar refractivity (Wildman–Crippen MR) is 123 cm³/mol. The van der Waals surface area contributed by atoms with Crippen molar-refractivity contribution in [3.05, 3.63) is 68.3 Å². The fourth-order valence-corrected chi connectivity index (χ4v) is 6.87. The zero-order valence-corrected chi connectivity index (χ0v) is 19.7. The summed E-state index contributed by atoms with van der Waals surface area (Å²) in [5, 5.41) is 1.67. The van der Waals surface area contributed by atoms with Crippen LogP contribution in [0, 0.1) is 10.8 Å².